The molecule has 41 nitrogen and oxygen atoms in total. The van der Waals surface area contributed by atoms with Crippen LogP contribution in [0.1, 0.15) is 278 Å². The molecule has 0 unspecified atom stereocenters. The predicted octanol–water partition coefficient (Wildman–Crippen LogP) is -1.39. The van der Waals surface area contributed by atoms with Gasteiger partial charge in [-0.05, 0) is 129 Å². The van der Waals surface area contributed by atoms with Gasteiger partial charge < -0.3 is 117 Å². The third-order valence-corrected chi connectivity index (χ3v) is 20.6. The van der Waals surface area contributed by atoms with Crippen LogP contribution in [0.2, 0.25) is 0 Å². The minimum absolute atomic E-state index is 0.0112. The number of primary amides is 5. The van der Waals surface area contributed by atoms with Gasteiger partial charge >= 0.3 is 0 Å². The smallest absolute Gasteiger partial charge is 0.243 e. The zero-order valence-corrected chi connectivity index (χ0v) is 72.0. The van der Waals surface area contributed by atoms with Gasteiger partial charge in [0, 0.05) is 114 Å². The molecule has 0 aromatic carbocycles. The Morgan fingerprint density at radius 2 is 0.736 bits per heavy atom. The summed E-state index contributed by atoms with van der Waals surface area (Å²) in [4.78, 5) is 226. The van der Waals surface area contributed by atoms with Gasteiger partial charge in [0.05, 0.1) is 24.2 Å². The van der Waals surface area contributed by atoms with Crippen LogP contribution < -0.4 is 112 Å². The number of unbranched alkanes of at least 4 members (excludes halogenated alkanes) is 13. The molecule has 11 atom stereocenters. The van der Waals surface area contributed by atoms with Crippen molar-refractivity contribution in [2.75, 3.05) is 39.3 Å². The zero-order valence-electron chi connectivity index (χ0n) is 72.0. The van der Waals surface area contributed by atoms with Crippen LogP contribution in [0.3, 0.4) is 0 Å². The van der Waals surface area contributed by atoms with Gasteiger partial charge in [-0.1, -0.05) is 97.8 Å². The summed E-state index contributed by atoms with van der Waals surface area (Å²) in [7, 11) is 0. The van der Waals surface area contributed by atoms with Crippen molar-refractivity contribution in [3.8, 4) is 0 Å². The summed E-state index contributed by atoms with van der Waals surface area (Å²) in [6.45, 7) is 7.99. The van der Waals surface area contributed by atoms with Crippen LogP contribution in [-0.2, 0) is 76.7 Å². The highest BCUT2D eigenvalue weighted by Gasteiger charge is 2.41. The van der Waals surface area contributed by atoms with Gasteiger partial charge in [0.15, 0.2) is 47.0 Å². The first-order valence-electron chi connectivity index (χ1n) is 42.8. The van der Waals surface area contributed by atoms with E-state index in [4.69, 9.17) is 80.3 Å². The fourth-order valence-corrected chi connectivity index (χ4v) is 13.5. The minimum Gasteiger partial charge on any atom is -0.370 e. The molecule has 0 aliphatic carbocycles. The molecule has 0 aromatic heterocycles. The van der Waals surface area contributed by atoms with Crippen LogP contribution in [0, 0.1) is 23.7 Å². The summed E-state index contributed by atoms with van der Waals surface area (Å²) >= 11 is 0. The van der Waals surface area contributed by atoms with Crippen LogP contribution in [0.25, 0.3) is 0 Å². The standard InChI is InChI=1S/C47H85N19O11.C33H62N6O5/c1-26(13-16-36(49)69)40(73)62-29(10-5-21-60-46(55)56)35(68)25-28(8-4-20-59-45(53)54)44(77)66-23-7-12-33(66)43(76)65-32(15-18-38(51)71)42(75)63-30(11-6-22-61-47(57)58)34(67)24-27(14-17-37(50)70)41(74)64-31(39(52)72)9-2-3-19-48;1-4-6-7-8-9-10-11-12-13-14-15-16-17-20-31(43)39-27(19-18-23-37-33(35)36)29(41)24-26(21-22-30(34)42)32(44)38-25(3)28(40)5-2/h26-33H,2-25,48H2,1H3,(H2,49,69)(H2,50,70)(H2,51,71)(H2,52,72)(H,62,73)(H,63,75)(H,64,74)(H,65,76)(H4,53,54,59)(H4,55,56,60)(H4,57,58,61);25-27H,4-24H2,1-3H3,(H2,34,42)(H,38,44)(H,39,43)(H4,35,36,37)/t26-,27+,28+,29-,30-,31-,32-,33-;25-,26+,27-/m00/s1. The third-order valence-electron chi connectivity index (χ3n) is 20.6. The van der Waals surface area contributed by atoms with Crippen molar-refractivity contribution in [2.45, 2.75) is 320 Å². The van der Waals surface area contributed by atoms with Gasteiger partial charge in [0.1, 0.15) is 18.1 Å². The fraction of sp³-hybridized carbons (Fsp3) is 0.750. The molecule has 0 radical (unpaired) electrons. The van der Waals surface area contributed by atoms with E-state index in [1.165, 1.54) is 69.1 Å². The van der Waals surface area contributed by atoms with Gasteiger partial charge in [-0.15, -0.1) is 0 Å². The summed E-state index contributed by atoms with van der Waals surface area (Å²) in [5, 5.41) is 16.0. The second-order valence-corrected chi connectivity index (χ2v) is 31.1. The molecule has 121 heavy (non-hydrogen) atoms. The van der Waals surface area contributed by atoms with Crippen LogP contribution in [0.4, 0.5) is 0 Å². The highest BCUT2D eigenvalue weighted by Crippen LogP contribution is 2.27. The average Bonchev–Trinajstić information content (AvgIpc) is 1.72. The molecule has 0 bridgehead atoms. The van der Waals surface area contributed by atoms with Gasteiger partial charge in [-0.25, -0.2) is 0 Å². The molecule has 1 heterocycles. The van der Waals surface area contributed by atoms with Crippen LogP contribution >= 0.6 is 0 Å². The topological polar surface area (TPSA) is 762 Å². The van der Waals surface area contributed by atoms with Gasteiger partial charge in [-0.2, -0.15) is 0 Å². The van der Waals surface area contributed by atoms with Crippen LogP contribution in [0.15, 0.2) is 20.0 Å². The van der Waals surface area contributed by atoms with Gasteiger partial charge in [0.2, 0.25) is 70.9 Å². The highest BCUT2D eigenvalue weighted by molar-refractivity contribution is 5.99. The summed E-state index contributed by atoms with van der Waals surface area (Å²) in [5.74, 6) is -14.3. The van der Waals surface area contributed by atoms with Crippen molar-refractivity contribution in [1.29, 1.82) is 0 Å². The summed E-state index contributed by atoms with van der Waals surface area (Å²) < 4.78 is 0. The van der Waals surface area contributed by atoms with Crippen molar-refractivity contribution in [2.24, 2.45) is 124 Å². The second-order valence-electron chi connectivity index (χ2n) is 31.1. The van der Waals surface area contributed by atoms with E-state index < -0.39 is 162 Å². The molecule has 0 aromatic rings. The quantitative estimate of drug-likeness (QED) is 0.0189. The summed E-state index contributed by atoms with van der Waals surface area (Å²) in [5.41, 5.74) is 76.3. The number of nitrogens with one attached hydrogen (secondary N) is 6. The first-order chi connectivity index (χ1) is 57.3. The molecular weight excluding hydrogens is 1570 g/mol. The maximum atomic E-state index is 14.6. The molecule has 688 valence electrons. The van der Waals surface area contributed by atoms with Gasteiger partial charge in [0.25, 0.3) is 0 Å². The molecule has 1 saturated heterocycles. The predicted molar refractivity (Wildman–Crippen MR) is 462 cm³/mol. The molecule has 0 spiro atoms. The van der Waals surface area contributed by atoms with E-state index in [1.807, 2.05) is 0 Å². The Morgan fingerprint density at radius 1 is 0.355 bits per heavy atom. The number of nitrogens with two attached hydrogens (primary N) is 14. The second kappa shape index (κ2) is 65.2. The minimum atomic E-state index is -1.52. The van der Waals surface area contributed by atoms with E-state index in [1.54, 1.807) is 20.8 Å². The van der Waals surface area contributed by atoms with Crippen LogP contribution in [0.5, 0.6) is 0 Å². The number of aliphatic imine (C=N–C) groups is 4. The zero-order chi connectivity index (χ0) is 91.4. The molecule has 41 heteroatoms. The van der Waals surface area contributed by atoms with E-state index in [0.717, 1.165) is 19.3 Å². The summed E-state index contributed by atoms with van der Waals surface area (Å²) in [6, 6.07) is -7.86. The number of hydrogen-bond acceptors (Lipinski definition) is 21. The van der Waals surface area contributed by atoms with E-state index >= 15 is 0 Å². The number of likely N-dealkylation sites (tertiary alicyclic amines) is 1. The Morgan fingerprint density at radius 3 is 1.16 bits per heavy atom. The number of Topliss-reactive ketones (excluding diaryl/α,β-unsaturated/α-hetero) is 4. The lowest BCUT2D eigenvalue weighted by molar-refractivity contribution is -0.144. The Kier molecular flexibility index (Phi) is 59.4. The fourth-order valence-electron chi connectivity index (χ4n) is 13.5. The normalized spacial score (nSPS) is 14.7. The number of nitrogens with zero attached hydrogens (tertiary/aromatic N) is 5. The molecule has 1 aliphatic rings. The van der Waals surface area contributed by atoms with E-state index in [0.29, 0.717) is 51.6 Å². The van der Waals surface area contributed by atoms with Crippen molar-refractivity contribution >= 4 is 118 Å². The Labute approximate surface area is 712 Å². The molecule has 1 fully saturated rings. The number of rotatable bonds is 70. The van der Waals surface area contributed by atoms with Gasteiger partial charge in [-0.3, -0.25) is 96.7 Å². The number of ketones is 4. The number of carbonyl (C=O) groups excluding carboxylic acids is 16. The molecule has 0 saturated carbocycles. The van der Waals surface area contributed by atoms with E-state index in [2.05, 4.69) is 58.8 Å². The monoisotopic (exact) mass is 1710 g/mol. The van der Waals surface area contributed by atoms with Crippen molar-refractivity contribution in [3.63, 3.8) is 0 Å². The molecule has 1 aliphatic heterocycles. The Balaban J connectivity index is 0.00000277. The maximum Gasteiger partial charge on any atom is 0.243 e. The Hall–Kier alpha value is -10.6. The number of hydrogen-bond donors (Lipinski definition) is 20. The molecule has 1 rings (SSSR count). The summed E-state index contributed by atoms with van der Waals surface area (Å²) in [6.07, 6.45) is 16.8. The van der Waals surface area contributed by atoms with E-state index in [9.17, 15) is 76.7 Å². The average molecular weight is 1720 g/mol. The van der Waals surface area contributed by atoms with Crippen molar-refractivity contribution in [3.05, 3.63) is 0 Å². The van der Waals surface area contributed by atoms with E-state index in [-0.39, 0.29) is 177 Å². The molecule has 12 amide bonds. The van der Waals surface area contributed by atoms with Crippen LogP contribution in [-0.4, -0.2) is 204 Å². The lowest BCUT2D eigenvalue weighted by Crippen LogP contribution is -2.56. The first kappa shape index (κ1) is 110. The molecule has 34 N–H and O–H groups in total. The highest BCUT2D eigenvalue weighted by atomic mass is 16.2. The SMILES string of the molecule is CCCCCCCCCCCCCCCC(=O)N[C@@H](CCCN=C(N)N)C(=O)C[C@@H](CCC(N)=O)C(=O)N[C@@H](C)C(=O)CC.C[C@@H](CCC(N)=O)C(=O)N[C@@H](CCCN=C(N)N)C(=O)C[C@@H](CCCN=C(N)N)C(=O)N1CCC[C@H]1C(=O)N[C@@H](CCC(N)=O)C(=O)N[C@@H](CCCN=C(N)N)C(=O)C[C@@H](CCC(N)=O)C(=O)N[C@@H](CCCCN)C(N)=O. The third kappa shape index (κ3) is 53.6. The number of carbonyl (C=O) groups is 16. The van der Waals surface area contributed by atoms with Crippen molar-refractivity contribution < 1.29 is 76.7 Å². The maximum absolute atomic E-state index is 14.6. The lowest BCUT2D eigenvalue weighted by atomic mass is 9.90. The number of guanidine groups is 4. The van der Waals surface area contributed by atoms with Crippen molar-refractivity contribution in [1.82, 2.24) is 36.8 Å². The lowest BCUT2D eigenvalue weighted by Gasteiger charge is -2.30. The largest absolute Gasteiger partial charge is 0.370 e. The first-order valence-corrected chi connectivity index (χ1v) is 42.8. The number of amides is 12. The Bertz CT molecular complexity index is 3380. The molecular formula is C80H147N25O16.